The molecule has 86 valence electrons. The normalized spacial score (nSPS) is 16.3. The molecule has 15 heavy (non-hydrogen) atoms. The largest absolute Gasteiger partial charge is 0.479 e. The summed E-state index contributed by atoms with van der Waals surface area (Å²) >= 11 is 0. The number of hydrogen-bond acceptors (Lipinski definition) is 7. The van der Waals surface area contributed by atoms with Crippen LogP contribution in [0, 0.1) is 0 Å². The maximum Gasteiger partial charge on any atom is 0.346 e. The molecule has 0 aromatic heterocycles. The van der Waals surface area contributed by atoms with Gasteiger partial charge in [0, 0.05) is 0 Å². The average molecular weight is 222 g/mol. The van der Waals surface area contributed by atoms with Gasteiger partial charge >= 0.3 is 17.9 Å². The van der Waals surface area contributed by atoms with E-state index in [4.69, 9.17) is 20.4 Å². The van der Waals surface area contributed by atoms with Gasteiger partial charge in [-0.25, -0.2) is 14.4 Å². The minimum Gasteiger partial charge on any atom is -0.479 e. The van der Waals surface area contributed by atoms with Crippen LogP contribution in [0.3, 0.4) is 0 Å². The molecule has 0 saturated carbocycles. The highest BCUT2D eigenvalue weighted by Crippen LogP contribution is 1.99. The van der Waals surface area contributed by atoms with Crippen LogP contribution in [0.5, 0.6) is 0 Å². The third-order valence-corrected chi connectivity index (χ3v) is 1.34. The first-order chi connectivity index (χ1) is 6.77. The van der Waals surface area contributed by atoms with Gasteiger partial charge in [0.25, 0.3) is 0 Å². The van der Waals surface area contributed by atoms with Crippen molar-refractivity contribution in [3.05, 3.63) is 0 Å². The van der Waals surface area contributed by atoms with Crippen LogP contribution in [-0.4, -0.2) is 56.6 Å². The third-order valence-electron chi connectivity index (χ3n) is 1.34. The summed E-state index contributed by atoms with van der Waals surface area (Å²) < 4.78 is 3.84. The standard InChI is InChI=1S/C7H10O8/c1-2(8)6(13)15-7(14)4(10)3(9)5(11)12/h2-4,8-10H,1H3,(H,11,12). The summed E-state index contributed by atoms with van der Waals surface area (Å²) in [4.78, 5) is 31.5. The van der Waals surface area contributed by atoms with Gasteiger partial charge in [0.15, 0.2) is 12.2 Å². The fraction of sp³-hybridized carbons (Fsp3) is 0.571. The molecule has 8 heteroatoms. The predicted molar refractivity (Wildman–Crippen MR) is 42.4 cm³/mol. The zero-order chi connectivity index (χ0) is 12.2. The Bertz CT molecular complexity index is 270. The number of aliphatic hydroxyl groups excluding tert-OH is 3. The highest BCUT2D eigenvalue weighted by molar-refractivity contribution is 5.92. The number of ether oxygens (including phenoxy) is 1. The van der Waals surface area contributed by atoms with Gasteiger partial charge in [-0.1, -0.05) is 0 Å². The van der Waals surface area contributed by atoms with Gasteiger partial charge in [-0.2, -0.15) is 0 Å². The van der Waals surface area contributed by atoms with Crippen molar-refractivity contribution in [2.75, 3.05) is 0 Å². The van der Waals surface area contributed by atoms with Crippen LogP contribution in [0.2, 0.25) is 0 Å². The maximum absolute atomic E-state index is 10.8. The van der Waals surface area contributed by atoms with Crippen molar-refractivity contribution in [3.8, 4) is 0 Å². The number of carboxylic acids is 1. The van der Waals surface area contributed by atoms with E-state index < -0.39 is 36.2 Å². The molecule has 0 fully saturated rings. The Morgan fingerprint density at radius 3 is 1.80 bits per heavy atom. The molecule has 0 aliphatic carbocycles. The number of carbonyl (C=O) groups is 3. The van der Waals surface area contributed by atoms with E-state index in [0.29, 0.717) is 0 Å². The Morgan fingerprint density at radius 2 is 1.47 bits per heavy atom. The van der Waals surface area contributed by atoms with Crippen LogP contribution in [-0.2, 0) is 19.1 Å². The number of carboxylic acid groups (broad SMARTS) is 1. The van der Waals surface area contributed by atoms with E-state index in [1.807, 2.05) is 0 Å². The van der Waals surface area contributed by atoms with Crippen molar-refractivity contribution in [2.45, 2.75) is 25.2 Å². The van der Waals surface area contributed by atoms with Gasteiger partial charge in [0.2, 0.25) is 0 Å². The number of aliphatic hydroxyl groups is 3. The molecule has 3 atom stereocenters. The minimum absolute atomic E-state index is 1.01. The first-order valence-corrected chi connectivity index (χ1v) is 3.80. The highest BCUT2D eigenvalue weighted by atomic mass is 16.6. The lowest BCUT2D eigenvalue weighted by atomic mass is 10.2. The molecule has 0 aromatic rings. The SMILES string of the molecule is CC(O)C(=O)OC(=O)C(O)C(O)C(=O)O. The van der Waals surface area contributed by atoms with Gasteiger partial charge in [0.1, 0.15) is 6.10 Å². The summed E-state index contributed by atoms with van der Waals surface area (Å²) in [5.41, 5.74) is 0. The molecule has 0 aromatic carbocycles. The molecule has 0 amide bonds. The Hall–Kier alpha value is -1.51. The van der Waals surface area contributed by atoms with E-state index >= 15 is 0 Å². The molecule has 0 aliphatic rings. The van der Waals surface area contributed by atoms with Crippen LogP contribution < -0.4 is 0 Å². The molecule has 0 radical (unpaired) electrons. The van der Waals surface area contributed by atoms with E-state index in [9.17, 15) is 14.4 Å². The van der Waals surface area contributed by atoms with Crippen LogP contribution in [0.4, 0.5) is 0 Å². The number of esters is 2. The second-order valence-electron chi connectivity index (χ2n) is 2.64. The van der Waals surface area contributed by atoms with Crippen molar-refractivity contribution >= 4 is 17.9 Å². The molecule has 0 bridgehead atoms. The molecule has 0 heterocycles. The Kier molecular flexibility index (Phi) is 4.85. The summed E-state index contributed by atoms with van der Waals surface area (Å²) in [6, 6.07) is 0. The van der Waals surface area contributed by atoms with Crippen LogP contribution in [0.25, 0.3) is 0 Å². The number of carbonyl (C=O) groups excluding carboxylic acids is 2. The number of rotatable bonds is 4. The van der Waals surface area contributed by atoms with Crippen molar-refractivity contribution in [3.63, 3.8) is 0 Å². The molecule has 4 N–H and O–H groups in total. The third kappa shape index (κ3) is 4.02. The monoisotopic (exact) mass is 222 g/mol. The second kappa shape index (κ2) is 5.39. The van der Waals surface area contributed by atoms with Crippen LogP contribution >= 0.6 is 0 Å². The van der Waals surface area contributed by atoms with Crippen molar-refractivity contribution in [1.82, 2.24) is 0 Å². The summed E-state index contributed by atoms with van der Waals surface area (Å²) in [6.45, 7) is 1.01. The minimum atomic E-state index is -2.39. The summed E-state index contributed by atoms with van der Waals surface area (Å²) in [6.07, 6.45) is -6.37. The van der Waals surface area contributed by atoms with E-state index in [0.717, 1.165) is 6.92 Å². The average Bonchev–Trinajstić information content (AvgIpc) is 2.14. The molecule has 0 rings (SSSR count). The lowest BCUT2D eigenvalue weighted by molar-refractivity contribution is -0.178. The second-order valence-corrected chi connectivity index (χ2v) is 2.64. The summed E-state index contributed by atoms with van der Waals surface area (Å²) in [7, 11) is 0. The predicted octanol–water partition coefficient (Wildman–Crippen LogP) is -2.76. The van der Waals surface area contributed by atoms with E-state index in [-0.39, 0.29) is 0 Å². The Morgan fingerprint density at radius 1 is 1.00 bits per heavy atom. The molecule has 3 unspecified atom stereocenters. The highest BCUT2D eigenvalue weighted by Gasteiger charge is 2.33. The van der Waals surface area contributed by atoms with Crippen molar-refractivity contribution < 1.29 is 39.5 Å². The Balaban J connectivity index is 4.34. The fourth-order valence-electron chi connectivity index (χ4n) is 0.509. The lowest BCUT2D eigenvalue weighted by Crippen LogP contribution is -2.42. The number of aliphatic carboxylic acids is 1. The smallest absolute Gasteiger partial charge is 0.346 e. The lowest BCUT2D eigenvalue weighted by Gasteiger charge is -2.12. The molecule has 0 spiro atoms. The van der Waals surface area contributed by atoms with E-state index in [2.05, 4.69) is 4.74 Å². The van der Waals surface area contributed by atoms with Gasteiger partial charge in [-0.15, -0.1) is 0 Å². The van der Waals surface area contributed by atoms with E-state index in [1.165, 1.54) is 0 Å². The first kappa shape index (κ1) is 13.5. The zero-order valence-corrected chi connectivity index (χ0v) is 7.65. The van der Waals surface area contributed by atoms with Crippen LogP contribution in [0.15, 0.2) is 0 Å². The van der Waals surface area contributed by atoms with Gasteiger partial charge in [0.05, 0.1) is 0 Å². The van der Waals surface area contributed by atoms with Gasteiger partial charge < -0.3 is 25.2 Å². The molecular weight excluding hydrogens is 212 g/mol. The van der Waals surface area contributed by atoms with Crippen LogP contribution in [0.1, 0.15) is 6.92 Å². The summed E-state index contributed by atoms with van der Waals surface area (Å²) in [5, 5.41) is 34.3. The van der Waals surface area contributed by atoms with Gasteiger partial charge in [-0.05, 0) is 6.92 Å². The maximum atomic E-state index is 10.8. The number of hydrogen-bond donors (Lipinski definition) is 4. The van der Waals surface area contributed by atoms with E-state index in [1.54, 1.807) is 0 Å². The molecule has 0 aliphatic heterocycles. The molecular formula is C7H10O8. The molecule has 8 nitrogen and oxygen atoms in total. The van der Waals surface area contributed by atoms with Gasteiger partial charge in [-0.3, -0.25) is 0 Å². The topological polar surface area (TPSA) is 141 Å². The summed E-state index contributed by atoms with van der Waals surface area (Å²) in [5.74, 6) is -4.84. The fourth-order valence-corrected chi connectivity index (χ4v) is 0.509. The quantitative estimate of drug-likeness (QED) is 0.296. The van der Waals surface area contributed by atoms with Crippen molar-refractivity contribution in [1.29, 1.82) is 0 Å². The van der Waals surface area contributed by atoms with Crippen molar-refractivity contribution in [2.24, 2.45) is 0 Å². The molecule has 0 saturated heterocycles. The first-order valence-electron chi connectivity index (χ1n) is 3.80. The Labute approximate surface area is 83.7 Å². The zero-order valence-electron chi connectivity index (χ0n) is 7.65.